The monoisotopic (exact) mass is 298 g/mol. The zero-order valence-corrected chi connectivity index (χ0v) is 12.9. The third kappa shape index (κ3) is 4.89. The van der Waals surface area contributed by atoms with Gasteiger partial charge < -0.3 is 10.2 Å². The summed E-state index contributed by atoms with van der Waals surface area (Å²) in [5.41, 5.74) is 5.89. The highest BCUT2D eigenvalue weighted by atomic mass is 32.1. The second-order valence-electron chi connectivity index (χ2n) is 4.68. The molecule has 2 aromatic carbocycles. The van der Waals surface area contributed by atoms with Gasteiger partial charge in [-0.15, -0.1) is 0 Å². The van der Waals surface area contributed by atoms with Gasteiger partial charge in [-0.3, -0.25) is 5.43 Å². The van der Waals surface area contributed by atoms with Crippen molar-refractivity contribution in [3.63, 3.8) is 0 Å². The Labute approximate surface area is 130 Å². The molecule has 108 valence electrons. The highest BCUT2D eigenvalue weighted by Crippen LogP contribution is 2.10. The lowest BCUT2D eigenvalue weighted by atomic mass is 10.2. The second kappa shape index (κ2) is 7.40. The van der Waals surface area contributed by atoms with Crippen molar-refractivity contribution in [3.05, 3.63) is 60.2 Å². The van der Waals surface area contributed by atoms with Gasteiger partial charge in [0.25, 0.3) is 0 Å². The average molecular weight is 298 g/mol. The van der Waals surface area contributed by atoms with Crippen LogP contribution in [0, 0.1) is 0 Å². The van der Waals surface area contributed by atoms with Crippen LogP contribution in [-0.2, 0) is 0 Å². The van der Waals surface area contributed by atoms with Crippen molar-refractivity contribution < 1.29 is 0 Å². The summed E-state index contributed by atoms with van der Waals surface area (Å²) >= 11 is 5.16. The van der Waals surface area contributed by atoms with Gasteiger partial charge in [-0.05, 0) is 42.0 Å². The largest absolute Gasteiger partial charge is 0.378 e. The Hall–Kier alpha value is -2.40. The third-order valence-corrected chi connectivity index (χ3v) is 3.01. The lowest BCUT2D eigenvalue weighted by Crippen LogP contribution is -2.23. The fraction of sp³-hybridized carbons (Fsp3) is 0.125. The minimum atomic E-state index is 0.461. The molecule has 0 aliphatic heterocycles. The normalized spacial score (nSPS) is 10.4. The van der Waals surface area contributed by atoms with Gasteiger partial charge in [0.15, 0.2) is 5.11 Å². The Morgan fingerprint density at radius 2 is 1.71 bits per heavy atom. The number of anilines is 2. The molecular formula is C16H18N4S. The Bertz CT molecular complexity index is 606. The molecule has 0 aliphatic carbocycles. The van der Waals surface area contributed by atoms with E-state index in [0.717, 1.165) is 16.9 Å². The number of nitrogens with zero attached hydrogens (tertiary/aromatic N) is 2. The summed E-state index contributed by atoms with van der Waals surface area (Å²) in [6, 6.07) is 17.8. The minimum Gasteiger partial charge on any atom is -0.378 e. The van der Waals surface area contributed by atoms with Gasteiger partial charge in [-0.1, -0.05) is 30.3 Å². The molecule has 4 nitrogen and oxygen atoms in total. The summed E-state index contributed by atoms with van der Waals surface area (Å²) in [5, 5.41) is 7.63. The van der Waals surface area contributed by atoms with Gasteiger partial charge in [0.2, 0.25) is 0 Å². The van der Waals surface area contributed by atoms with Crippen molar-refractivity contribution in [1.29, 1.82) is 0 Å². The molecule has 0 bridgehead atoms. The van der Waals surface area contributed by atoms with E-state index in [9.17, 15) is 0 Å². The van der Waals surface area contributed by atoms with E-state index < -0.39 is 0 Å². The van der Waals surface area contributed by atoms with Gasteiger partial charge in [-0.25, -0.2) is 0 Å². The number of benzene rings is 2. The van der Waals surface area contributed by atoms with Crippen LogP contribution in [0.3, 0.4) is 0 Å². The number of hydrogen-bond donors (Lipinski definition) is 2. The molecule has 0 spiro atoms. The smallest absolute Gasteiger partial charge is 0.191 e. The Kier molecular flexibility index (Phi) is 5.29. The van der Waals surface area contributed by atoms with Crippen molar-refractivity contribution in [1.82, 2.24) is 5.43 Å². The minimum absolute atomic E-state index is 0.461. The SMILES string of the molecule is CN(C)c1ccc(/C=N\NC(=S)Nc2ccccc2)cc1. The lowest BCUT2D eigenvalue weighted by molar-refractivity contribution is 1.05. The van der Waals surface area contributed by atoms with E-state index in [-0.39, 0.29) is 0 Å². The molecule has 0 aromatic heterocycles. The van der Waals surface area contributed by atoms with E-state index in [1.165, 1.54) is 0 Å². The number of hydrogen-bond acceptors (Lipinski definition) is 3. The van der Waals surface area contributed by atoms with E-state index in [0.29, 0.717) is 5.11 Å². The van der Waals surface area contributed by atoms with E-state index in [1.54, 1.807) is 6.21 Å². The molecule has 0 atom stereocenters. The summed E-state index contributed by atoms with van der Waals surface area (Å²) in [7, 11) is 4.02. The first-order valence-corrected chi connectivity index (χ1v) is 6.98. The van der Waals surface area contributed by atoms with Gasteiger partial charge in [0, 0.05) is 25.5 Å². The zero-order chi connectivity index (χ0) is 15.1. The first-order valence-electron chi connectivity index (χ1n) is 6.57. The van der Waals surface area contributed by atoms with Crippen LogP contribution < -0.4 is 15.6 Å². The molecular weight excluding hydrogens is 280 g/mol. The van der Waals surface area contributed by atoms with E-state index in [2.05, 4.69) is 20.7 Å². The highest BCUT2D eigenvalue weighted by molar-refractivity contribution is 7.80. The average Bonchev–Trinajstić information content (AvgIpc) is 2.49. The van der Waals surface area contributed by atoms with Crippen LogP contribution in [0.5, 0.6) is 0 Å². The molecule has 0 unspecified atom stereocenters. The Balaban J connectivity index is 1.86. The van der Waals surface area contributed by atoms with E-state index in [1.807, 2.05) is 68.7 Å². The van der Waals surface area contributed by atoms with Crippen LogP contribution in [0.25, 0.3) is 0 Å². The molecule has 0 amide bonds. The maximum Gasteiger partial charge on any atom is 0.191 e. The summed E-state index contributed by atoms with van der Waals surface area (Å²) < 4.78 is 0. The van der Waals surface area contributed by atoms with Crippen LogP contribution >= 0.6 is 12.2 Å². The zero-order valence-electron chi connectivity index (χ0n) is 12.1. The molecule has 0 aliphatic rings. The van der Waals surface area contributed by atoms with E-state index in [4.69, 9.17) is 12.2 Å². The van der Waals surface area contributed by atoms with E-state index >= 15 is 0 Å². The molecule has 0 fully saturated rings. The van der Waals surface area contributed by atoms with Crippen LogP contribution in [0.15, 0.2) is 59.7 Å². The molecule has 0 saturated carbocycles. The maximum absolute atomic E-state index is 5.16. The predicted octanol–water partition coefficient (Wildman–Crippen LogP) is 3.07. The van der Waals surface area contributed by atoms with Crippen LogP contribution in [0.2, 0.25) is 0 Å². The fourth-order valence-electron chi connectivity index (χ4n) is 1.70. The molecule has 0 heterocycles. The Morgan fingerprint density at radius 3 is 2.33 bits per heavy atom. The summed E-state index contributed by atoms with van der Waals surface area (Å²) in [6.07, 6.45) is 1.73. The van der Waals surface area contributed by atoms with Crippen LogP contribution in [0.1, 0.15) is 5.56 Å². The molecule has 5 heteroatoms. The van der Waals surface area contributed by atoms with Gasteiger partial charge in [0.05, 0.1) is 6.21 Å². The number of rotatable bonds is 4. The molecule has 2 N–H and O–H groups in total. The van der Waals surface area contributed by atoms with Crippen molar-refractivity contribution in [2.75, 3.05) is 24.3 Å². The predicted molar refractivity (Wildman–Crippen MR) is 94.2 cm³/mol. The van der Waals surface area contributed by atoms with Crippen molar-refractivity contribution in [2.24, 2.45) is 5.10 Å². The molecule has 21 heavy (non-hydrogen) atoms. The maximum atomic E-state index is 5.16. The number of hydrazone groups is 1. The molecule has 2 aromatic rings. The topological polar surface area (TPSA) is 39.7 Å². The van der Waals surface area contributed by atoms with Gasteiger partial charge in [-0.2, -0.15) is 5.10 Å². The van der Waals surface area contributed by atoms with Crippen molar-refractivity contribution in [2.45, 2.75) is 0 Å². The Morgan fingerprint density at radius 1 is 1.05 bits per heavy atom. The summed E-state index contributed by atoms with van der Waals surface area (Å²) in [4.78, 5) is 2.05. The summed E-state index contributed by atoms with van der Waals surface area (Å²) in [6.45, 7) is 0. The number of thiocarbonyl (C=S) groups is 1. The number of nitrogens with one attached hydrogen (secondary N) is 2. The van der Waals surface area contributed by atoms with Crippen LogP contribution in [0.4, 0.5) is 11.4 Å². The quantitative estimate of drug-likeness (QED) is 0.517. The number of para-hydroxylation sites is 1. The summed E-state index contributed by atoms with van der Waals surface area (Å²) in [5.74, 6) is 0. The van der Waals surface area contributed by atoms with Crippen LogP contribution in [-0.4, -0.2) is 25.4 Å². The lowest BCUT2D eigenvalue weighted by Gasteiger charge is -2.11. The van der Waals surface area contributed by atoms with Crippen molar-refractivity contribution in [3.8, 4) is 0 Å². The molecule has 2 rings (SSSR count). The molecule has 0 radical (unpaired) electrons. The van der Waals surface area contributed by atoms with Crippen molar-refractivity contribution >= 4 is 34.9 Å². The van der Waals surface area contributed by atoms with Gasteiger partial charge >= 0.3 is 0 Å². The third-order valence-electron chi connectivity index (χ3n) is 2.82. The highest BCUT2D eigenvalue weighted by Gasteiger charge is 1.95. The first-order chi connectivity index (χ1) is 10.1. The molecule has 0 saturated heterocycles. The van der Waals surface area contributed by atoms with Gasteiger partial charge in [0.1, 0.15) is 0 Å². The second-order valence-corrected chi connectivity index (χ2v) is 5.08. The standard InChI is InChI=1S/C16H18N4S/c1-20(2)15-10-8-13(9-11-15)12-17-19-16(21)18-14-6-4-3-5-7-14/h3-12H,1-2H3,(H2,18,19,21)/b17-12-. The first kappa shape index (κ1) is 15.0. The fourth-order valence-corrected chi connectivity index (χ4v) is 1.88.